The van der Waals surface area contributed by atoms with Gasteiger partial charge in [0.2, 0.25) is 5.91 Å². The van der Waals surface area contributed by atoms with Gasteiger partial charge in [0.1, 0.15) is 18.1 Å². The molecule has 3 rings (SSSR count). The molecule has 6 nitrogen and oxygen atoms in total. The van der Waals surface area contributed by atoms with Crippen molar-refractivity contribution in [3.8, 4) is 5.75 Å². The molecule has 1 aliphatic rings. The van der Waals surface area contributed by atoms with Crippen LogP contribution in [0, 0.1) is 12.7 Å². The minimum absolute atomic E-state index is 0.216. The van der Waals surface area contributed by atoms with E-state index in [4.69, 9.17) is 4.74 Å². The first kappa shape index (κ1) is 22.6. The molecule has 0 atom stereocenters. The molecular weight excluding hydrogens is 419 g/mol. The van der Waals surface area contributed by atoms with Crippen LogP contribution in [0.3, 0.4) is 0 Å². The number of nitrogens with one attached hydrogen (secondary N) is 1. The van der Waals surface area contributed by atoms with Gasteiger partial charge >= 0.3 is 0 Å². The molecule has 1 saturated heterocycles. The van der Waals surface area contributed by atoms with Gasteiger partial charge in [-0.15, -0.1) is 0 Å². The fourth-order valence-corrected chi connectivity index (χ4v) is 3.98. The SMILES string of the molecule is COc1cc(C)c(/C=C2\SC(=O)N(CC(=O)Nc3ccc(F)cc3)C2=O)cc1C(C)C. The Morgan fingerprint density at radius 3 is 2.52 bits per heavy atom. The highest BCUT2D eigenvalue weighted by molar-refractivity contribution is 8.18. The number of imide groups is 1. The van der Waals surface area contributed by atoms with Gasteiger partial charge in [0.15, 0.2) is 0 Å². The summed E-state index contributed by atoms with van der Waals surface area (Å²) in [6.07, 6.45) is 1.67. The van der Waals surface area contributed by atoms with Crippen molar-refractivity contribution in [2.24, 2.45) is 0 Å². The third kappa shape index (κ3) is 5.14. The number of rotatable bonds is 6. The molecule has 0 bridgehead atoms. The van der Waals surface area contributed by atoms with Crippen LogP contribution in [0.1, 0.15) is 36.5 Å². The maximum atomic E-state index is 13.0. The van der Waals surface area contributed by atoms with Crippen molar-refractivity contribution in [3.63, 3.8) is 0 Å². The number of hydrogen-bond acceptors (Lipinski definition) is 5. The van der Waals surface area contributed by atoms with E-state index in [0.29, 0.717) is 5.69 Å². The van der Waals surface area contributed by atoms with Gasteiger partial charge in [-0.3, -0.25) is 19.3 Å². The highest BCUT2D eigenvalue weighted by Gasteiger charge is 2.36. The Balaban J connectivity index is 1.78. The van der Waals surface area contributed by atoms with Crippen LogP contribution in [0.5, 0.6) is 5.75 Å². The van der Waals surface area contributed by atoms with Crippen molar-refractivity contribution >= 4 is 40.6 Å². The van der Waals surface area contributed by atoms with Gasteiger partial charge in [-0.25, -0.2) is 4.39 Å². The molecule has 0 radical (unpaired) electrons. The standard InChI is InChI=1S/C23H23FN2O4S/c1-13(2)18-10-15(14(3)9-19(18)30-4)11-20-22(28)26(23(29)31-20)12-21(27)25-17-7-5-16(24)6-8-17/h5-11,13H,12H2,1-4H3,(H,25,27)/b20-11-. The average Bonchev–Trinajstić information content (AvgIpc) is 2.98. The van der Waals surface area contributed by atoms with E-state index in [1.807, 2.05) is 32.9 Å². The maximum absolute atomic E-state index is 13.0. The number of amides is 3. The minimum atomic E-state index is -0.544. The Kier molecular flexibility index (Phi) is 6.80. The van der Waals surface area contributed by atoms with Crippen molar-refractivity contribution < 1.29 is 23.5 Å². The maximum Gasteiger partial charge on any atom is 0.294 e. The van der Waals surface area contributed by atoms with Crippen LogP contribution in [-0.2, 0) is 9.59 Å². The Morgan fingerprint density at radius 2 is 1.90 bits per heavy atom. The third-order valence-corrected chi connectivity index (χ3v) is 5.74. The van der Waals surface area contributed by atoms with Gasteiger partial charge < -0.3 is 10.1 Å². The van der Waals surface area contributed by atoms with E-state index < -0.39 is 29.4 Å². The normalized spacial score (nSPS) is 15.2. The van der Waals surface area contributed by atoms with Crippen LogP contribution in [0.15, 0.2) is 41.3 Å². The fourth-order valence-electron chi connectivity index (χ4n) is 3.15. The minimum Gasteiger partial charge on any atom is -0.496 e. The third-order valence-electron chi connectivity index (χ3n) is 4.83. The van der Waals surface area contributed by atoms with Gasteiger partial charge in [-0.1, -0.05) is 13.8 Å². The molecule has 0 saturated carbocycles. The van der Waals surface area contributed by atoms with E-state index in [0.717, 1.165) is 39.1 Å². The summed E-state index contributed by atoms with van der Waals surface area (Å²) in [6.45, 7) is 5.58. The smallest absolute Gasteiger partial charge is 0.294 e. The Bertz CT molecular complexity index is 1060. The highest BCUT2D eigenvalue weighted by atomic mass is 32.2. The van der Waals surface area contributed by atoms with Gasteiger partial charge in [0.05, 0.1) is 12.0 Å². The monoisotopic (exact) mass is 442 g/mol. The van der Waals surface area contributed by atoms with E-state index >= 15 is 0 Å². The number of methoxy groups -OCH3 is 1. The summed E-state index contributed by atoms with van der Waals surface area (Å²) in [5, 5.41) is 2.04. The summed E-state index contributed by atoms with van der Waals surface area (Å²) in [7, 11) is 1.61. The fraction of sp³-hybridized carbons (Fsp3) is 0.261. The van der Waals surface area contributed by atoms with Gasteiger partial charge in [0.25, 0.3) is 11.1 Å². The summed E-state index contributed by atoms with van der Waals surface area (Å²) in [5.41, 5.74) is 3.09. The lowest BCUT2D eigenvalue weighted by Gasteiger charge is -2.15. The van der Waals surface area contributed by atoms with Crippen molar-refractivity contribution in [1.82, 2.24) is 4.90 Å². The summed E-state index contributed by atoms with van der Waals surface area (Å²) >= 11 is 0.797. The molecule has 0 aliphatic carbocycles. The summed E-state index contributed by atoms with van der Waals surface area (Å²) in [5.74, 6) is -0.505. The van der Waals surface area contributed by atoms with E-state index in [1.165, 1.54) is 24.3 Å². The zero-order valence-electron chi connectivity index (χ0n) is 17.7. The summed E-state index contributed by atoms with van der Waals surface area (Å²) in [4.78, 5) is 38.5. The van der Waals surface area contributed by atoms with Crippen LogP contribution in [-0.4, -0.2) is 35.6 Å². The zero-order valence-corrected chi connectivity index (χ0v) is 18.5. The van der Waals surface area contributed by atoms with Crippen LogP contribution >= 0.6 is 11.8 Å². The van der Waals surface area contributed by atoms with Crippen molar-refractivity contribution in [2.45, 2.75) is 26.7 Å². The number of carbonyl (C=O) groups is 3. The molecule has 0 spiro atoms. The predicted octanol–water partition coefficient (Wildman–Crippen LogP) is 4.94. The molecule has 1 N–H and O–H groups in total. The van der Waals surface area contributed by atoms with Crippen molar-refractivity contribution in [3.05, 3.63) is 63.8 Å². The molecule has 8 heteroatoms. The molecule has 0 aromatic heterocycles. The topological polar surface area (TPSA) is 75.7 Å². The summed E-state index contributed by atoms with van der Waals surface area (Å²) < 4.78 is 18.4. The zero-order chi connectivity index (χ0) is 22.7. The predicted molar refractivity (Wildman–Crippen MR) is 120 cm³/mol. The van der Waals surface area contributed by atoms with E-state index in [-0.39, 0.29) is 10.8 Å². The van der Waals surface area contributed by atoms with Crippen LogP contribution in [0.25, 0.3) is 6.08 Å². The number of anilines is 1. The number of hydrogen-bond donors (Lipinski definition) is 1. The Labute approximate surface area is 184 Å². The lowest BCUT2D eigenvalue weighted by atomic mass is 9.96. The first-order chi connectivity index (χ1) is 14.7. The van der Waals surface area contributed by atoms with Gasteiger partial charge in [-0.05, 0) is 83.8 Å². The van der Waals surface area contributed by atoms with E-state index in [2.05, 4.69) is 5.32 Å². The number of aryl methyl sites for hydroxylation is 1. The lowest BCUT2D eigenvalue weighted by molar-refractivity contribution is -0.127. The number of carbonyl (C=O) groups excluding carboxylic acids is 3. The molecular formula is C23H23FN2O4S. The van der Waals surface area contributed by atoms with Gasteiger partial charge in [-0.2, -0.15) is 0 Å². The average molecular weight is 443 g/mol. The summed E-state index contributed by atoms with van der Waals surface area (Å²) in [6, 6.07) is 9.08. The van der Waals surface area contributed by atoms with E-state index in [9.17, 15) is 18.8 Å². The molecule has 0 unspecified atom stereocenters. The molecule has 1 aliphatic heterocycles. The highest BCUT2D eigenvalue weighted by Crippen LogP contribution is 2.35. The quantitative estimate of drug-likeness (QED) is 0.642. The molecule has 31 heavy (non-hydrogen) atoms. The second kappa shape index (κ2) is 9.34. The first-order valence-corrected chi connectivity index (χ1v) is 10.5. The first-order valence-electron chi connectivity index (χ1n) is 9.69. The second-order valence-corrected chi connectivity index (χ2v) is 8.42. The van der Waals surface area contributed by atoms with Crippen LogP contribution < -0.4 is 10.1 Å². The Morgan fingerprint density at radius 1 is 1.23 bits per heavy atom. The van der Waals surface area contributed by atoms with Crippen LogP contribution in [0.2, 0.25) is 0 Å². The van der Waals surface area contributed by atoms with E-state index in [1.54, 1.807) is 13.2 Å². The molecule has 1 heterocycles. The molecule has 1 fully saturated rings. The molecule has 2 aromatic carbocycles. The number of thioether (sulfide) groups is 1. The number of nitrogens with zero attached hydrogens (tertiary/aromatic N) is 1. The van der Waals surface area contributed by atoms with Gasteiger partial charge in [0, 0.05) is 5.69 Å². The van der Waals surface area contributed by atoms with Crippen molar-refractivity contribution in [1.29, 1.82) is 0 Å². The Hall–Kier alpha value is -3.13. The van der Waals surface area contributed by atoms with Crippen molar-refractivity contribution in [2.75, 3.05) is 19.0 Å². The largest absolute Gasteiger partial charge is 0.496 e. The second-order valence-electron chi connectivity index (χ2n) is 7.43. The lowest BCUT2D eigenvalue weighted by Crippen LogP contribution is -2.36. The van der Waals surface area contributed by atoms with Crippen LogP contribution in [0.4, 0.5) is 14.9 Å². The number of halogens is 1. The number of benzene rings is 2. The number of ether oxygens (including phenoxy) is 1. The molecule has 3 amide bonds. The molecule has 2 aromatic rings. The molecule has 162 valence electrons.